The van der Waals surface area contributed by atoms with Gasteiger partial charge in [0.1, 0.15) is 11.8 Å². The van der Waals surface area contributed by atoms with Crippen molar-refractivity contribution in [3.05, 3.63) is 29.3 Å². The van der Waals surface area contributed by atoms with E-state index < -0.39 is 23.8 Å². The number of benzene rings is 1. The summed E-state index contributed by atoms with van der Waals surface area (Å²) in [5, 5.41) is 5.45. The normalized spacial score (nSPS) is 23.6. The molecule has 3 fully saturated rings. The minimum absolute atomic E-state index is 0.100. The molecule has 4 aliphatic rings. The van der Waals surface area contributed by atoms with Gasteiger partial charge in [0, 0.05) is 32.6 Å². The Balaban J connectivity index is 1.02. The average molecular weight is 499 g/mol. The molecule has 5 rings (SSSR count). The van der Waals surface area contributed by atoms with Gasteiger partial charge in [-0.2, -0.15) is 0 Å². The Bertz CT molecular complexity index is 1020. The number of nitrogens with zero attached hydrogens (tertiary/aromatic N) is 2. The number of likely N-dealkylation sites (tertiary alicyclic amines) is 1. The van der Waals surface area contributed by atoms with Crippen molar-refractivity contribution < 1.29 is 28.7 Å². The lowest BCUT2D eigenvalue weighted by atomic mass is 10.0. The van der Waals surface area contributed by atoms with Gasteiger partial charge in [0.2, 0.25) is 11.8 Å². The van der Waals surface area contributed by atoms with Crippen LogP contribution < -0.4 is 15.4 Å². The van der Waals surface area contributed by atoms with Crippen molar-refractivity contribution in [3.8, 4) is 5.75 Å². The third kappa shape index (κ3) is 5.45. The Morgan fingerprint density at radius 1 is 0.889 bits per heavy atom. The van der Waals surface area contributed by atoms with Crippen LogP contribution in [0.15, 0.2) is 18.2 Å². The summed E-state index contributed by atoms with van der Waals surface area (Å²) in [7, 11) is 0. The van der Waals surface area contributed by atoms with Crippen molar-refractivity contribution in [2.45, 2.75) is 63.2 Å². The van der Waals surface area contributed by atoms with Gasteiger partial charge >= 0.3 is 0 Å². The second-order valence-corrected chi connectivity index (χ2v) is 10.0. The van der Waals surface area contributed by atoms with Crippen molar-refractivity contribution in [2.75, 3.05) is 39.3 Å². The average Bonchev–Trinajstić information content (AvgIpc) is 3.09. The molecule has 0 radical (unpaired) electrons. The van der Waals surface area contributed by atoms with Crippen LogP contribution in [0.2, 0.25) is 0 Å². The largest absolute Gasteiger partial charge is 0.494 e. The van der Waals surface area contributed by atoms with Gasteiger partial charge in [-0.3, -0.25) is 29.4 Å². The highest BCUT2D eigenvalue weighted by molar-refractivity contribution is 6.23. The van der Waals surface area contributed by atoms with Crippen molar-refractivity contribution in [1.29, 1.82) is 0 Å². The van der Waals surface area contributed by atoms with Crippen LogP contribution in [0, 0.1) is 0 Å². The van der Waals surface area contributed by atoms with E-state index in [0.29, 0.717) is 24.6 Å². The lowest BCUT2D eigenvalue weighted by Gasteiger charge is -2.36. The Kier molecular flexibility index (Phi) is 7.64. The first-order chi connectivity index (χ1) is 17.5. The molecule has 3 saturated heterocycles. The number of carbonyl (C=O) groups is 4. The predicted molar refractivity (Wildman–Crippen MR) is 130 cm³/mol. The number of imide groups is 2. The first kappa shape index (κ1) is 24.9. The van der Waals surface area contributed by atoms with E-state index in [0.717, 1.165) is 69.7 Å². The van der Waals surface area contributed by atoms with Crippen LogP contribution >= 0.6 is 0 Å². The fourth-order valence-electron chi connectivity index (χ4n) is 5.24. The van der Waals surface area contributed by atoms with E-state index in [1.165, 1.54) is 0 Å². The minimum atomic E-state index is -0.960. The summed E-state index contributed by atoms with van der Waals surface area (Å²) in [6.07, 6.45) is 6.35. The molecule has 4 heterocycles. The van der Waals surface area contributed by atoms with Crippen LogP contribution in [0.5, 0.6) is 5.75 Å². The first-order valence-corrected chi connectivity index (χ1v) is 13.1. The van der Waals surface area contributed by atoms with Gasteiger partial charge < -0.3 is 19.7 Å². The number of hydrogen-bond donors (Lipinski definition) is 2. The molecule has 10 nitrogen and oxygen atoms in total. The highest BCUT2D eigenvalue weighted by Crippen LogP contribution is 2.30. The van der Waals surface area contributed by atoms with Gasteiger partial charge in [-0.15, -0.1) is 0 Å². The third-order valence-corrected chi connectivity index (χ3v) is 7.46. The molecular weight excluding hydrogens is 464 g/mol. The summed E-state index contributed by atoms with van der Waals surface area (Å²) in [6, 6.07) is 3.88. The van der Waals surface area contributed by atoms with Crippen LogP contribution in [-0.4, -0.2) is 91.0 Å². The summed E-state index contributed by atoms with van der Waals surface area (Å²) >= 11 is 0. The van der Waals surface area contributed by atoms with Gasteiger partial charge in [0.15, 0.2) is 0 Å². The number of amides is 4. The van der Waals surface area contributed by atoms with E-state index in [-0.39, 0.29) is 29.9 Å². The fourth-order valence-corrected chi connectivity index (χ4v) is 5.24. The molecule has 0 spiro atoms. The fraction of sp³-hybridized carbons (Fsp3) is 0.615. The molecule has 10 heteroatoms. The second kappa shape index (κ2) is 11.1. The zero-order valence-corrected chi connectivity index (χ0v) is 20.5. The summed E-state index contributed by atoms with van der Waals surface area (Å²) in [5.74, 6) is -1.50. The third-order valence-electron chi connectivity index (χ3n) is 7.46. The summed E-state index contributed by atoms with van der Waals surface area (Å²) in [5.41, 5.74) is 0.499. The monoisotopic (exact) mass is 498 g/mol. The zero-order valence-electron chi connectivity index (χ0n) is 20.5. The van der Waals surface area contributed by atoms with Gasteiger partial charge in [-0.05, 0) is 63.3 Å². The quantitative estimate of drug-likeness (QED) is 0.364. The molecule has 0 aliphatic carbocycles. The Labute approximate surface area is 210 Å². The molecule has 1 aromatic carbocycles. The van der Waals surface area contributed by atoms with E-state index in [1.54, 1.807) is 18.2 Å². The lowest BCUT2D eigenvalue weighted by molar-refractivity contribution is -0.136. The number of unbranched alkanes of at least 4 members (excludes halogenated alkanes) is 2. The maximum absolute atomic E-state index is 12.9. The Morgan fingerprint density at radius 3 is 2.39 bits per heavy atom. The van der Waals surface area contributed by atoms with E-state index in [1.807, 2.05) is 0 Å². The van der Waals surface area contributed by atoms with E-state index >= 15 is 0 Å². The maximum Gasteiger partial charge on any atom is 0.262 e. The summed E-state index contributed by atoms with van der Waals surface area (Å²) in [6.45, 7) is 5.79. The second-order valence-electron chi connectivity index (χ2n) is 10.0. The smallest absolute Gasteiger partial charge is 0.262 e. The number of ether oxygens (including phenoxy) is 2. The molecule has 1 unspecified atom stereocenters. The number of carbonyl (C=O) groups excluding carboxylic acids is 4. The van der Waals surface area contributed by atoms with Gasteiger partial charge in [-0.1, -0.05) is 0 Å². The molecule has 4 aliphatic heterocycles. The molecule has 4 amide bonds. The molecule has 194 valence electrons. The zero-order chi connectivity index (χ0) is 25.1. The molecule has 1 aromatic rings. The summed E-state index contributed by atoms with van der Waals surface area (Å²) in [4.78, 5) is 52.8. The number of hydrogen-bond acceptors (Lipinski definition) is 8. The van der Waals surface area contributed by atoms with Crippen LogP contribution in [0.25, 0.3) is 0 Å². The van der Waals surface area contributed by atoms with Crippen LogP contribution in [0.1, 0.15) is 65.7 Å². The Hall–Kier alpha value is -2.82. The molecule has 0 saturated carbocycles. The number of fused-ring (bicyclic) bond motifs is 1. The highest BCUT2D eigenvalue weighted by atomic mass is 16.5. The predicted octanol–water partition coefficient (Wildman–Crippen LogP) is 1.09. The molecule has 0 aromatic heterocycles. The van der Waals surface area contributed by atoms with Crippen LogP contribution in [-0.2, 0) is 14.3 Å². The van der Waals surface area contributed by atoms with Crippen LogP contribution in [0.3, 0.4) is 0 Å². The molecule has 0 bridgehead atoms. The van der Waals surface area contributed by atoms with Gasteiger partial charge in [-0.25, -0.2) is 0 Å². The molecular formula is C26H34N4O6. The maximum atomic E-state index is 12.9. The topological polar surface area (TPSA) is 117 Å². The molecule has 1 atom stereocenters. The number of nitrogens with one attached hydrogen (secondary N) is 2. The van der Waals surface area contributed by atoms with E-state index in [2.05, 4.69) is 15.5 Å². The van der Waals surface area contributed by atoms with E-state index in [4.69, 9.17) is 9.47 Å². The highest BCUT2D eigenvalue weighted by Gasteiger charge is 2.44. The Morgan fingerprint density at radius 2 is 1.67 bits per heavy atom. The minimum Gasteiger partial charge on any atom is -0.494 e. The van der Waals surface area contributed by atoms with Crippen molar-refractivity contribution >= 4 is 23.6 Å². The van der Waals surface area contributed by atoms with Crippen molar-refractivity contribution in [1.82, 2.24) is 20.4 Å². The van der Waals surface area contributed by atoms with E-state index in [9.17, 15) is 19.2 Å². The van der Waals surface area contributed by atoms with Crippen molar-refractivity contribution in [2.24, 2.45) is 0 Å². The molecule has 2 N–H and O–H groups in total. The van der Waals surface area contributed by atoms with Crippen LogP contribution in [0.4, 0.5) is 0 Å². The molecule has 36 heavy (non-hydrogen) atoms. The van der Waals surface area contributed by atoms with Gasteiger partial charge in [0.05, 0.1) is 29.9 Å². The first-order valence-electron chi connectivity index (χ1n) is 13.1. The number of rotatable bonds is 10. The number of piperidine rings is 2. The summed E-state index contributed by atoms with van der Waals surface area (Å²) < 4.78 is 11.9. The SMILES string of the molecule is O=C1CCC(N2C(=O)c3ccc(OCCCCCN4CCC(OC5CNC5)CC4)cc3C2=O)C(=O)N1. The standard InChI is InChI=1S/C26H34N4O6/c31-23-7-6-22(24(32)28-23)30-25(33)20-5-4-18(14-21(20)26(30)34)35-13-3-1-2-10-29-11-8-17(9-12-29)36-19-15-27-16-19/h4-5,14,17,19,22,27H,1-3,6-13,15-16H2,(H,28,31,32). The lowest BCUT2D eigenvalue weighted by Crippen LogP contribution is -2.54. The van der Waals surface area contributed by atoms with Gasteiger partial charge in [0.25, 0.3) is 11.8 Å². The van der Waals surface area contributed by atoms with Crippen molar-refractivity contribution in [3.63, 3.8) is 0 Å².